The van der Waals surface area contributed by atoms with E-state index in [0.29, 0.717) is 11.9 Å². The first-order valence-electron chi connectivity index (χ1n) is 7.13. The molecule has 5 nitrogen and oxygen atoms in total. The van der Waals surface area contributed by atoms with E-state index < -0.39 is 0 Å². The van der Waals surface area contributed by atoms with Gasteiger partial charge in [0.05, 0.1) is 5.75 Å². The van der Waals surface area contributed by atoms with Crippen molar-refractivity contribution in [2.75, 3.05) is 0 Å². The molecule has 0 aliphatic carbocycles. The van der Waals surface area contributed by atoms with Crippen LogP contribution in [0.1, 0.15) is 30.2 Å². The summed E-state index contributed by atoms with van der Waals surface area (Å²) in [5.74, 6) is 2.58. The van der Waals surface area contributed by atoms with Crippen LogP contribution in [0.15, 0.2) is 24.3 Å². The van der Waals surface area contributed by atoms with E-state index >= 15 is 0 Å². The summed E-state index contributed by atoms with van der Waals surface area (Å²) in [6.45, 7) is 6.85. The van der Waals surface area contributed by atoms with Crippen molar-refractivity contribution in [1.82, 2.24) is 19.8 Å². The molecule has 7 heteroatoms. The van der Waals surface area contributed by atoms with Gasteiger partial charge in [-0.3, -0.25) is 0 Å². The van der Waals surface area contributed by atoms with Gasteiger partial charge in [-0.05, 0) is 29.9 Å². The third-order valence-electron chi connectivity index (χ3n) is 2.99. The maximum atomic E-state index is 5.79. The summed E-state index contributed by atoms with van der Waals surface area (Å²) in [7, 11) is 0. The molecule has 0 saturated carbocycles. The van der Waals surface area contributed by atoms with Crippen molar-refractivity contribution < 1.29 is 4.74 Å². The van der Waals surface area contributed by atoms with E-state index in [-0.39, 0.29) is 0 Å². The second-order valence-corrected chi connectivity index (χ2v) is 7.88. The van der Waals surface area contributed by atoms with E-state index in [2.05, 4.69) is 42.1 Å². The van der Waals surface area contributed by atoms with Crippen LogP contribution in [-0.4, -0.2) is 25.1 Å². The van der Waals surface area contributed by atoms with Gasteiger partial charge in [0.2, 0.25) is 4.96 Å². The van der Waals surface area contributed by atoms with Crippen molar-refractivity contribution in [3.05, 3.63) is 40.7 Å². The number of thioether (sulfide) groups is 1. The monoisotopic (exact) mass is 334 g/mol. The van der Waals surface area contributed by atoms with Crippen molar-refractivity contribution in [2.45, 2.75) is 38.4 Å². The van der Waals surface area contributed by atoms with E-state index in [1.54, 1.807) is 0 Å². The summed E-state index contributed by atoms with van der Waals surface area (Å²) < 4.78 is 7.62. The number of rotatable bonds is 6. The fraction of sp³-hybridized carbons (Fsp3) is 0.400. The summed E-state index contributed by atoms with van der Waals surface area (Å²) in [4.78, 5) is 0.821. The molecular weight excluding hydrogens is 316 g/mol. The molecule has 0 aliphatic rings. The number of nitrogens with zero attached hydrogens (tertiary/aromatic N) is 4. The van der Waals surface area contributed by atoms with E-state index in [1.165, 1.54) is 16.9 Å². The molecule has 0 spiro atoms. The maximum Gasteiger partial charge on any atom is 0.234 e. The second-order valence-electron chi connectivity index (χ2n) is 5.27. The molecule has 1 aromatic carbocycles. The highest BCUT2D eigenvalue weighted by atomic mass is 32.2. The predicted octanol–water partition coefficient (Wildman–Crippen LogP) is 3.71. The quantitative estimate of drug-likeness (QED) is 0.688. The highest BCUT2D eigenvalue weighted by Crippen LogP contribution is 2.21. The highest BCUT2D eigenvalue weighted by Gasteiger charge is 2.12. The van der Waals surface area contributed by atoms with Crippen molar-refractivity contribution in [3.8, 4) is 5.75 Å². The lowest BCUT2D eigenvalue weighted by atomic mass is 10.2. The average molecular weight is 334 g/mol. The molecule has 0 amide bonds. The van der Waals surface area contributed by atoms with Crippen LogP contribution in [0.25, 0.3) is 4.96 Å². The summed E-state index contributed by atoms with van der Waals surface area (Å²) in [5.41, 5.74) is 1.18. The zero-order chi connectivity index (χ0) is 15.5. The van der Waals surface area contributed by atoms with Gasteiger partial charge in [0, 0.05) is 0 Å². The first-order valence-corrected chi connectivity index (χ1v) is 8.99. The SMILES string of the molecule is Cc1cccc(OCc2nn3c(CSC(C)C)nnc3s2)c1. The number of benzene rings is 1. The Morgan fingerprint density at radius 3 is 2.95 bits per heavy atom. The Kier molecular flexibility index (Phi) is 4.63. The maximum absolute atomic E-state index is 5.79. The molecule has 3 aromatic rings. The molecule has 0 unspecified atom stereocenters. The lowest BCUT2D eigenvalue weighted by Gasteiger charge is -2.04. The largest absolute Gasteiger partial charge is 0.486 e. The topological polar surface area (TPSA) is 52.3 Å². The van der Waals surface area contributed by atoms with Crippen LogP contribution < -0.4 is 4.74 Å². The molecule has 22 heavy (non-hydrogen) atoms. The van der Waals surface area contributed by atoms with Gasteiger partial charge in [0.1, 0.15) is 12.4 Å². The molecule has 0 radical (unpaired) electrons. The smallest absolute Gasteiger partial charge is 0.234 e. The first kappa shape index (κ1) is 15.3. The highest BCUT2D eigenvalue weighted by molar-refractivity contribution is 7.99. The molecule has 0 N–H and O–H groups in total. The van der Waals surface area contributed by atoms with E-state index in [1.807, 2.05) is 34.5 Å². The Hall–Kier alpha value is -1.60. The molecule has 0 bridgehead atoms. The lowest BCUT2D eigenvalue weighted by molar-refractivity contribution is 0.304. The Morgan fingerprint density at radius 1 is 1.32 bits per heavy atom. The third-order valence-corrected chi connectivity index (χ3v) is 4.96. The fourth-order valence-corrected chi connectivity index (χ4v) is 3.36. The van der Waals surface area contributed by atoms with Crippen molar-refractivity contribution in [3.63, 3.8) is 0 Å². The Balaban J connectivity index is 1.69. The minimum Gasteiger partial charge on any atom is -0.486 e. The minimum absolute atomic E-state index is 0.453. The van der Waals surface area contributed by atoms with Gasteiger partial charge in [-0.2, -0.15) is 21.4 Å². The normalized spacial score (nSPS) is 11.5. The second kappa shape index (κ2) is 6.66. The first-order chi connectivity index (χ1) is 10.6. The van der Waals surface area contributed by atoms with Gasteiger partial charge in [-0.25, -0.2) is 0 Å². The van der Waals surface area contributed by atoms with Crippen LogP contribution in [0.3, 0.4) is 0 Å². The van der Waals surface area contributed by atoms with Gasteiger partial charge in [-0.15, -0.1) is 10.2 Å². The number of hydrogen-bond acceptors (Lipinski definition) is 6. The molecule has 0 atom stereocenters. The van der Waals surface area contributed by atoms with Crippen LogP contribution in [0, 0.1) is 6.92 Å². The molecule has 0 aliphatic heterocycles. The van der Waals surface area contributed by atoms with Crippen LogP contribution in [0.4, 0.5) is 0 Å². The Morgan fingerprint density at radius 2 is 2.18 bits per heavy atom. The molecule has 116 valence electrons. The fourth-order valence-electron chi connectivity index (χ4n) is 1.94. The Bertz CT molecular complexity index is 766. The van der Waals surface area contributed by atoms with Crippen LogP contribution in [-0.2, 0) is 12.4 Å². The number of aromatic nitrogens is 4. The van der Waals surface area contributed by atoms with E-state index in [9.17, 15) is 0 Å². The summed E-state index contributed by atoms with van der Waals surface area (Å²) in [5, 5.41) is 14.4. The van der Waals surface area contributed by atoms with Crippen LogP contribution in [0.5, 0.6) is 5.75 Å². The molecule has 2 aromatic heterocycles. The van der Waals surface area contributed by atoms with Gasteiger partial charge in [0.15, 0.2) is 10.8 Å². The van der Waals surface area contributed by atoms with Gasteiger partial charge >= 0.3 is 0 Å². The lowest BCUT2D eigenvalue weighted by Crippen LogP contribution is -2.00. The summed E-state index contributed by atoms with van der Waals surface area (Å²) >= 11 is 3.35. The minimum atomic E-state index is 0.453. The predicted molar refractivity (Wildman–Crippen MR) is 90.6 cm³/mol. The zero-order valence-electron chi connectivity index (χ0n) is 12.8. The van der Waals surface area contributed by atoms with Gasteiger partial charge < -0.3 is 4.74 Å². The number of hydrogen-bond donors (Lipinski definition) is 0. The number of ether oxygens (including phenoxy) is 1. The van der Waals surface area contributed by atoms with Crippen molar-refractivity contribution in [1.29, 1.82) is 0 Å². The van der Waals surface area contributed by atoms with Crippen LogP contribution in [0.2, 0.25) is 0 Å². The molecule has 0 fully saturated rings. The van der Waals surface area contributed by atoms with Gasteiger partial charge in [0.25, 0.3) is 0 Å². The number of fused-ring (bicyclic) bond motifs is 1. The number of aryl methyl sites for hydroxylation is 1. The molecule has 0 saturated heterocycles. The molecule has 3 rings (SSSR count). The van der Waals surface area contributed by atoms with Crippen LogP contribution >= 0.6 is 23.1 Å². The molecular formula is C15H18N4OS2. The van der Waals surface area contributed by atoms with Crippen molar-refractivity contribution in [2.24, 2.45) is 0 Å². The third kappa shape index (κ3) is 3.59. The summed E-state index contributed by atoms with van der Waals surface area (Å²) in [6, 6.07) is 8.02. The average Bonchev–Trinajstić information content (AvgIpc) is 3.03. The molecule has 2 heterocycles. The van der Waals surface area contributed by atoms with Crippen molar-refractivity contribution >= 4 is 28.1 Å². The van der Waals surface area contributed by atoms with E-state index in [0.717, 1.165) is 27.3 Å². The Labute approximate surface area is 137 Å². The zero-order valence-corrected chi connectivity index (χ0v) is 14.4. The van der Waals surface area contributed by atoms with Gasteiger partial charge in [-0.1, -0.05) is 37.3 Å². The standard InChI is InChI=1S/C15H18N4OS2/c1-10(2)21-9-13-16-17-15-19(13)18-14(22-15)8-20-12-6-4-5-11(3)7-12/h4-7,10H,8-9H2,1-3H3. The summed E-state index contributed by atoms with van der Waals surface area (Å²) in [6.07, 6.45) is 0. The van der Waals surface area contributed by atoms with E-state index in [4.69, 9.17) is 4.74 Å².